The summed E-state index contributed by atoms with van der Waals surface area (Å²) in [6.45, 7) is 9.47. The van der Waals surface area contributed by atoms with E-state index in [1.54, 1.807) is 0 Å². The lowest BCUT2D eigenvalue weighted by Gasteiger charge is -2.22. The first-order chi connectivity index (χ1) is 24.4. The average molecular weight is 641 g/mol. The maximum absolute atomic E-state index is 2.54. The summed E-state index contributed by atoms with van der Waals surface area (Å²) in [6.07, 6.45) is 0. The molecule has 0 saturated heterocycles. The van der Waals surface area contributed by atoms with Crippen molar-refractivity contribution in [3.8, 4) is 33.6 Å². The van der Waals surface area contributed by atoms with Gasteiger partial charge in [0.1, 0.15) is 0 Å². The van der Waals surface area contributed by atoms with Crippen LogP contribution in [0.2, 0.25) is 0 Å². The highest BCUT2D eigenvalue weighted by molar-refractivity contribution is 6.19. The Hall–Kier alpha value is -5.86. The Labute approximate surface area is 291 Å². The van der Waals surface area contributed by atoms with Gasteiger partial charge in [0, 0.05) is 43.5 Å². The lowest BCUT2D eigenvalue weighted by Crippen LogP contribution is -2.15. The van der Waals surface area contributed by atoms with Crippen molar-refractivity contribution >= 4 is 43.6 Å². The molecule has 0 saturated carbocycles. The molecule has 0 fully saturated rings. The highest BCUT2D eigenvalue weighted by Gasteiger charge is 2.38. The molecule has 0 aliphatic heterocycles. The summed E-state index contributed by atoms with van der Waals surface area (Å²) in [4.78, 5) is 0. The molecule has 238 valence electrons. The Balaban J connectivity index is 1.29. The Morgan fingerprint density at radius 2 is 0.740 bits per heavy atom. The van der Waals surface area contributed by atoms with Gasteiger partial charge in [-0.1, -0.05) is 137 Å². The van der Waals surface area contributed by atoms with Crippen LogP contribution in [0.5, 0.6) is 0 Å². The summed E-state index contributed by atoms with van der Waals surface area (Å²) >= 11 is 0. The Kier molecular flexibility index (Phi) is 5.28. The molecule has 2 aliphatic rings. The van der Waals surface area contributed by atoms with Gasteiger partial charge >= 0.3 is 0 Å². The van der Waals surface area contributed by atoms with Crippen molar-refractivity contribution < 1.29 is 0 Å². The molecule has 9 aromatic rings. The van der Waals surface area contributed by atoms with E-state index in [0.29, 0.717) is 0 Å². The third kappa shape index (κ3) is 3.34. The standard InChI is InChI=1S/C48H36N2/c1-47(2)35-19-9-5-17-31(35)45-37(47)21-13-25-41(45)49-39-23-11-7-15-29(39)33-27-34-30-16-8-12-24-40(30)50(44(34)28-43(33)49)42-26-14-22-38-46(42)32-18-6-10-20-36(32)48(38,3)4/h5-28H,1-4H3. The van der Waals surface area contributed by atoms with Gasteiger partial charge < -0.3 is 9.13 Å². The first kappa shape index (κ1) is 28.0. The molecule has 2 heterocycles. The van der Waals surface area contributed by atoms with Crippen molar-refractivity contribution in [2.45, 2.75) is 38.5 Å². The zero-order valence-corrected chi connectivity index (χ0v) is 28.8. The van der Waals surface area contributed by atoms with Crippen molar-refractivity contribution in [2.24, 2.45) is 0 Å². The number of nitrogens with zero attached hydrogens (tertiary/aromatic N) is 2. The van der Waals surface area contributed by atoms with E-state index >= 15 is 0 Å². The zero-order valence-electron chi connectivity index (χ0n) is 28.8. The maximum atomic E-state index is 2.54. The molecular weight excluding hydrogens is 605 g/mol. The molecule has 0 amide bonds. The van der Waals surface area contributed by atoms with Crippen LogP contribution in [0.4, 0.5) is 0 Å². The van der Waals surface area contributed by atoms with E-state index in [1.165, 1.54) is 99.5 Å². The minimum absolute atomic E-state index is 0.0713. The molecule has 0 radical (unpaired) electrons. The molecule has 7 aromatic carbocycles. The molecule has 0 atom stereocenters. The minimum Gasteiger partial charge on any atom is -0.309 e. The quantitative estimate of drug-likeness (QED) is 0.178. The maximum Gasteiger partial charge on any atom is 0.0562 e. The number of fused-ring (bicyclic) bond motifs is 12. The summed E-state index contributed by atoms with van der Waals surface area (Å²) in [6, 6.07) is 54.6. The molecule has 2 heteroatoms. The van der Waals surface area contributed by atoms with Gasteiger partial charge in [0.15, 0.2) is 0 Å². The SMILES string of the molecule is CC1(C)c2ccccc2-c2c(-n3c4ccccc4c4cc5c6ccccc6n(-c6cccc7c6-c6ccccc6C7(C)C)c5cc43)cccc21. The predicted molar refractivity (Wildman–Crippen MR) is 210 cm³/mol. The molecule has 0 bridgehead atoms. The van der Waals surface area contributed by atoms with Crippen LogP contribution in [0, 0.1) is 0 Å². The van der Waals surface area contributed by atoms with Crippen molar-refractivity contribution in [3.05, 3.63) is 168 Å². The second-order valence-corrected chi connectivity index (χ2v) is 15.3. The number of hydrogen-bond donors (Lipinski definition) is 0. The fourth-order valence-corrected chi connectivity index (χ4v) is 9.79. The van der Waals surface area contributed by atoms with Gasteiger partial charge in [-0.05, 0) is 69.8 Å². The van der Waals surface area contributed by atoms with Crippen LogP contribution in [-0.4, -0.2) is 9.13 Å². The summed E-state index contributed by atoms with van der Waals surface area (Å²) in [5, 5.41) is 5.12. The molecule has 2 aliphatic carbocycles. The number of benzene rings is 7. The van der Waals surface area contributed by atoms with Crippen molar-refractivity contribution in [1.82, 2.24) is 9.13 Å². The van der Waals surface area contributed by atoms with Crippen molar-refractivity contribution in [1.29, 1.82) is 0 Å². The molecule has 0 spiro atoms. The fourth-order valence-electron chi connectivity index (χ4n) is 9.79. The minimum atomic E-state index is -0.0713. The van der Waals surface area contributed by atoms with Crippen LogP contribution in [0.15, 0.2) is 146 Å². The van der Waals surface area contributed by atoms with E-state index in [1.807, 2.05) is 0 Å². The van der Waals surface area contributed by atoms with Crippen LogP contribution < -0.4 is 0 Å². The van der Waals surface area contributed by atoms with Gasteiger partial charge in [-0.25, -0.2) is 0 Å². The Bertz CT molecular complexity index is 2730. The zero-order chi connectivity index (χ0) is 33.5. The number of para-hydroxylation sites is 2. The van der Waals surface area contributed by atoms with Gasteiger partial charge in [-0.2, -0.15) is 0 Å². The topological polar surface area (TPSA) is 9.86 Å². The summed E-state index contributed by atoms with van der Waals surface area (Å²) in [5.41, 5.74) is 18.2. The molecule has 0 N–H and O–H groups in total. The first-order valence-electron chi connectivity index (χ1n) is 17.8. The molecule has 2 nitrogen and oxygen atoms in total. The van der Waals surface area contributed by atoms with E-state index < -0.39 is 0 Å². The lowest BCUT2D eigenvalue weighted by atomic mass is 9.82. The second kappa shape index (κ2) is 9.43. The number of aromatic nitrogens is 2. The molecular formula is C48H36N2. The molecule has 2 aromatic heterocycles. The van der Waals surface area contributed by atoms with Crippen LogP contribution in [-0.2, 0) is 10.8 Å². The Morgan fingerprint density at radius 1 is 0.340 bits per heavy atom. The van der Waals surface area contributed by atoms with Crippen LogP contribution in [0.3, 0.4) is 0 Å². The number of hydrogen-bond acceptors (Lipinski definition) is 0. The average Bonchev–Trinajstić information content (AvgIpc) is 3.80. The van der Waals surface area contributed by atoms with Crippen LogP contribution in [0.1, 0.15) is 49.9 Å². The normalized spacial score (nSPS) is 15.1. The molecule has 0 unspecified atom stereocenters. The van der Waals surface area contributed by atoms with Crippen molar-refractivity contribution in [2.75, 3.05) is 0 Å². The van der Waals surface area contributed by atoms with Gasteiger partial charge in [-0.15, -0.1) is 0 Å². The van der Waals surface area contributed by atoms with E-state index in [0.717, 1.165) is 0 Å². The van der Waals surface area contributed by atoms with E-state index in [-0.39, 0.29) is 10.8 Å². The summed E-state index contributed by atoms with van der Waals surface area (Å²) in [5.74, 6) is 0. The smallest absolute Gasteiger partial charge is 0.0562 e. The van der Waals surface area contributed by atoms with Gasteiger partial charge in [0.25, 0.3) is 0 Å². The largest absolute Gasteiger partial charge is 0.309 e. The fraction of sp³-hybridized carbons (Fsp3) is 0.125. The van der Waals surface area contributed by atoms with Crippen molar-refractivity contribution in [3.63, 3.8) is 0 Å². The highest BCUT2D eigenvalue weighted by atomic mass is 15.0. The van der Waals surface area contributed by atoms with Crippen LogP contribution in [0.25, 0.3) is 77.2 Å². The highest BCUT2D eigenvalue weighted by Crippen LogP contribution is 2.53. The Morgan fingerprint density at radius 3 is 1.22 bits per heavy atom. The summed E-state index contributed by atoms with van der Waals surface area (Å²) < 4.78 is 5.08. The van der Waals surface area contributed by atoms with Gasteiger partial charge in [0.05, 0.1) is 33.4 Å². The monoisotopic (exact) mass is 640 g/mol. The molecule has 50 heavy (non-hydrogen) atoms. The van der Waals surface area contributed by atoms with Gasteiger partial charge in [0.2, 0.25) is 0 Å². The third-order valence-electron chi connectivity index (χ3n) is 12.1. The number of rotatable bonds is 2. The lowest BCUT2D eigenvalue weighted by molar-refractivity contribution is 0.660. The predicted octanol–water partition coefficient (Wildman–Crippen LogP) is 12.5. The van der Waals surface area contributed by atoms with Gasteiger partial charge in [-0.3, -0.25) is 0 Å². The first-order valence-corrected chi connectivity index (χ1v) is 17.8. The van der Waals surface area contributed by atoms with E-state index in [2.05, 4.69) is 182 Å². The third-order valence-corrected chi connectivity index (χ3v) is 12.1. The second-order valence-electron chi connectivity index (χ2n) is 15.3. The van der Waals surface area contributed by atoms with Crippen LogP contribution >= 0.6 is 0 Å². The van der Waals surface area contributed by atoms with E-state index in [9.17, 15) is 0 Å². The van der Waals surface area contributed by atoms with E-state index in [4.69, 9.17) is 0 Å². The molecule has 11 rings (SSSR count). The summed E-state index contributed by atoms with van der Waals surface area (Å²) in [7, 11) is 0.